The van der Waals surface area contributed by atoms with E-state index in [1.54, 1.807) is 21.1 Å². The average molecular weight is 880 g/mol. The van der Waals surface area contributed by atoms with Crippen LogP contribution in [0.25, 0.3) is 39.1 Å². The first-order valence-corrected chi connectivity index (χ1v) is 20.4. The summed E-state index contributed by atoms with van der Waals surface area (Å²) in [5.74, 6) is 0.584. The van der Waals surface area contributed by atoms with Gasteiger partial charge in [-0.25, -0.2) is 8.78 Å². The first-order valence-electron chi connectivity index (χ1n) is 18.7. The Kier molecular flexibility index (Phi) is 9.18. The van der Waals surface area contributed by atoms with Gasteiger partial charge in [0.15, 0.2) is 17.2 Å². The number of hydrogen-bond acceptors (Lipinski definition) is 5. The van der Waals surface area contributed by atoms with Crippen molar-refractivity contribution in [2.24, 2.45) is 0 Å². The number of hydrogen-bond donors (Lipinski definition) is 0. The van der Waals surface area contributed by atoms with Crippen LogP contribution in [0.1, 0.15) is 47.2 Å². The highest BCUT2D eigenvalue weighted by Gasteiger charge is 2.45. The van der Waals surface area contributed by atoms with Gasteiger partial charge in [-0.3, -0.25) is 0 Å². The molecular formula is C47H41F2INO4P. The van der Waals surface area contributed by atoms with Crippen molar-refractivity contribution < 1.29 is 27.7 Å². The second-order valence-corrected chi connectivity index (χ2v) is 16.8. The van der Waals surface area contributed by atoms with Crippen molar-refractivity contribution in [3.8, 4) is 39.5 Å². The minimum atomic E-state index is -0.977. The maximum absolute atomic E-state index is 15.8. The van der Waals surface area contributed by atoms with E-state index in [0.29, 0.717) is 33.2 Å². The Hall–Kier alpha value is -4.50. The van der Waals surface area contributed by atoms with Crippen LogP contribution >= 0.6 is 31.8 Å². The normalized spacial score (nSPS) is 18.0. The summed E-state index contributed by atoms with van der Waals surface area (Å²) in [6.07, 6.45) is 4.38. The first kappa shape index (κ1) is 37.1. The van der Waals surface area contributed by atoms with Crippen LogP contribution in [0.3, 0.4) is 0 Å². The summed E-state index contributed by atoms with van der Waals surface area (Å²) in [5, 5.41) is 2.61. The second-order valence-electron chi connectivity index (χ2n) is 15.2. The lowest BCUT2D eigenvalue weighted by atomic mass is 9.76. The maximum atomic E-state index is 15.8. The molecule has 0 bridgehead atoms. The summed E-state index contributed by atoms with van der Waals surface area (Å²) in [7, 11) is 5.93. The van der Waals surface area contributed by atoms with E-state index in [-0.39, 0.29) is 5.56 Å². The highest BCUT2D eigenvalue weighted by atomic mass is 127. The van der Waals surface area contributed by atoms with Crippen LogP contribution in [-0.4, -0.2) is 40.5 Å². The predicted molar refractivity (Wildman–Crippen MR) is 233 cm³/mol. The highest BCUT2D eigenvalue weighted by molar-refractivity contribution is 14.1. The molecule has 0 N–H and O–H groups in total. The Labute approximate surface area is 342 Å². The molecule has 0 aromatic heterocycles. The maximum Gasteiger partial charge on any atom is 0.178 e. The summed E-state index contributed by atoms with van der Waals surface area (Å²) < 4.78 is 56.2. The molecule has 9 rings (SSSR count). The van der Waals surface area contributed by atoms with Gasteiger partial charge in [-0.1, -0.05) is 56.3 Å². The standard InChI is InChI=1S/C47H41F2INO4P/c1-26-41(48)42(49)38(43(50)45(26)56)27-6-16-34-37(24-27)46(2,3)40-35-18-19-47(29-9-13-31(52-4)14-10-29,28-7-11-30(12-8-28)51-20-22-54-23-21-51)55-44(35)36-25-32(53-5)15-17-33(36)39(34)40/h6-19,24-25H,20-23,56H2,1-5H3. The fourth-order valence-corrected chi connectivity index (χ4v) is 10.1. The molecule has 1 fully saturated rings. The zero-order valence-corrected chi connectivity index (χ0v) is 35.2. The number of ether oxygens (including phenoxy) is 4. The molecular weight excluding hydrogens is 838 g/mol. The van der Waals surface area contributed by atoms with Crippen molar-refractivity contribution in [1.82, 2.24) is 0 Å². The zero-order chi connectivity index (χ0) is 39.1. The number of fused-ring (bicyclic) bond motifs is 8. The summed E-state index contributed by atoms with van der Waals surface area (Å²) in [5.41, 5.74) is 8.09. The van der Waals surface area contributed by atoms with Crippen LogP contribution < -0.4 is 24.4 Å². The third-order valence-electron chi connectivity index (χ3n) is 11.9. The Morgan fingerprint density at radius 3 is 2.12 bits per heavy atom. The monoisotopic (exact) mass is 879 g/mol. The lowest BCUT2D eigenvalue weighted by molar-refractivity contribution is 0.122. The summed E-state index contributed by atoms with van der Waals surface area (Å²) in [4.78, 5) is 2.35. The molecule has 56 heavy (non-hydrogen) atoms. The van der Waals surface area contributed by atoms with E-state index in [2.05, 4.69) is 117 Å². The minimum Gasteiger partial charge on any atom is -0.497 e. The van der Waals surface area contributed by atoms with E-state index in [1.807, 2.05) is 30.3 Å². The molecule has 2 heterocycles. The third kappa shape index (κ3) is 5.58. The van der Waals surface area contributed by atoms with Gasteiger partial charge in [-0.05, 0) is 128 Å². The molecule has 0 saturated carbocycles. The van der Waals surface area contributed by atoms with E-state index in [1.165, 1.54) is 0 Å². The van der Waals surface area contributed by atoms with Gasteiger partial charge in [0.2, 0.25) is 0 Å². The van der Waals surface area contributed by atoms with Crippen LogP contribution in [0.4, 0.5) is 14.5 Å². The van der Waals surface area contributed by atoms with Crippen molar-refractivity contribution in [2.45, 2.75) is 31.8 Å². The number of halogens is 3. The average Bonchev–Trinajstić information content (AvgIpc) is 3.48. The fourth-order valence-electron chi connectivity index (χ4n) is 8.85. The number of benzene rings is 6. The number of nitrogens with zero attached hydrogens (tertiary/aromatic N) is 1. The number of rotatable bonds is 6. The van der Waals surface area contributed by atoms with Gasteiger partial charge in [0.05, 0.1) is 27.4 Å². The van der Waals surface area contributed by atoms with Crippen LogP contribution in [0.5, 0.6) is 17.2 Å². The second kappa shape index (κ2) is 13.9. The lowest BCUT2D eigenvalue weighted by Crippen LogP contribution is -2.37. The van der Waals surface area contributed by atoms with Gasteiger partial charge in [0.25, 0.3) is 0 Å². The number of methoxy groups -OCH3 is 2. The Balaban J connectivity index is 1.26. The molecule has 2 unspecified atom stereocenters. The highest BCUT2D eigenvalue weighted by Crippen LogP contribution is 2.59. The van der Waals surface area contributed by atoms with E-state index < -0.39 is 22.7 Å². The molecule has 5 nitrogen and oxygen atoms in total. The van der Waals surface area contributed by atoms with E-state index >= 15 is 8.78 Å². The Morgan fingerprint density at radius 2 is 1.45 bits per heavy atom. The molecule has 2 aliphatic heterocycles. The van der Waals surface area contributed by atoms with Crippen molar-refractivity contribution in [1.29, 1.82) is 0 Å². The Bertz CT molecular complexity index is 2570. The van der Waals surface area contributed by atoms with E-state index in [4.69, 9.17) is 18.9 Å². The van der Waals surface area contributed by atoms with Crippen molar-refractivity contribution in [2.75, 3.05) is 45.4 Å². The van der Waals surface area contributed by atoms with Gasteiger partial charge < -0.3 is 23.8 Å². The minimum absolute atomic E-state index is 0.275. The molecule has 1 aliphatic carbocycles. The molecule has 6 aromatic carbocycles. The molecule has 1 saturated heterocycles. The van der Waals surface area contributed by atoms with Gasteiger partial charge in [-0.15, -0.1) is 9.24 Å². The fraction of sp³-hybridized carbons (Fsp3) is 0.234. The molecule has 9 heteroatoms. The smallest absolute Gasteiger partial charge is 0.178 e. The third-order valence-corrected chi connectivity index (χ3v) is 14.4. The lowest BCUT2D eigenvalue weighted by Gasteiger charge is -2.39. The van der Waals surface area contributed by atoms with Gasteiger partial charge in [0, 0.05) is 55.4 Å². The Morgan fingerprint density at radius 1 is 0.786 bits per heavy atom. The summed E-state index contributed by atoms with van der Waals surface area (Å²) >= 11 is 2.13. The van der Waals surface area contributed by atoms with Gasteiger partial charge in [-0.2, -0.15) is 0 Å². The first-order chi connectivity index (χ1) is 27.0. The predicted octanol–water partition coefficient (Wildman–Crippen LogP) is 10.7. The molecule has 2 atom stereocenters. The van der Waals surface area contributed by atoms with Crippen molar-refractivity contribution in [3.63, 3.8) is 0 Å². The molecule has 0 spiro atoms. The molecule has 6 aromatic rings. The van der Waals surface area contributed by atoms with Crippen molar-refractivity contribution >= 4 is 59.7 Å². The van der Waals surface area contributed by atoms with Crippen molar-refractivity contribution in [3.05, 3.63) is 140 Å². The topological polar surface area (TPSA) is 40.2 Å². The summed E-state index contributed by atoms with van der Waals surface area (Å²) in [6.45, 7) is 9.14. The molecule has 0 amide bonds. The van der Waals surface area contributed by atoms with Crippen LogP contribution in [0.15, 0.2) is 91.0 Å². The number of anilines is 1. The largest absolute Gasteiger partial charge is 0.497 e. The molecule has 284 valence electrons. The van der Waals surface area contributed by atoms with Crippen LogP contribution in [0, 0.1) is 22.1 Å². The quantitative estimate of drug-likeness (QED) is 0.0947. The van der Waals surface area contributed by atoms with Crippen LogP contribution in [0.2, 0.25) is 0 Å². The summed E-state index contributed by atoms with van der Waals surface area (Å²) in [6, 6.07) is 28.9. The molecule has 3 aliphatic rings. The van der Waals surface area contributed by atoms with Gasteiger partial charge in [0.1, 0.15) is 17.2 Å². The van der Waals surface area contributed by atoms with E-state index in [0.717, 1.165) is 85.7 Å². The van der Waals surface area contributed by atoms with E-state index in [9.17, 15) is 0 Å². The van der Waals surface area contributed by atoms with Gasteiger partial charge >= 0.3 is 0 Å². The molecule has 0 radical (unpaired) electrons. The SMILES string of the molecule is COc1ccc(C2(c3ccc(N4CCOCC4)cc3)C=Cc3c4c(c5ccc(OC)cc5c3O2)-c2ccc(-c3c(F)c(F)c(C)c(P)c3I)cc2C4(C)C)cc1. The zero-order valence-electron chi connectivity index (χ0n) is 31.9. The van der Waals surface area contributed by atoms with Crippen LogP contribution in [-0.2, 0) is 15.8 Å². The number of morpholine rings is 1.